The normalized spacial score (nSPS) is 14.7. The van der Waals surface area contributed by atoms with E-state index in [2.05, 4.69) is 21.9 Å². The van der Waals surface area contributed by atoms with Crippen molar-refractivity contribution >= 4 is 30.5 Å². The number of anilines is 1. The summed E-state index contributed by atoms with van der Waals surface area (Å²) in [5, 5.41) is 10.3. The first-order chi connectivity index (χ1) is 14.7. The van der Waals surface area contributed by atoms with Gasteiger partial charge in [-0.25, -0.2) is 0 Å². The van der Waals surface area contributed by atoms with Crippen LogP contribution in [0.3, 0.4) is 0 Å². The van der Waals surface area contributed by atoms with Crippen molar-refractivity contribution < 1.29 is 24.1 Å². The standard InChI is InChI=1S/C23H32N2O5.2ClH/c1-27-21-8-6-19(7-9-21)25-12-10-24(11-13-25)17-20(26)18-29-14-15-30-23-5-3-4-22(16-23)28-2;;/h3-9,16,20,26H,10-15,17-18H2,1-2H3;2*1H. The predicted octanol–water partition coefficient (Wildman–Crippen LogP) is 3.13. The predicted molar refractivity (Wildman–Crippen MR) is 131 cm³/mol. The molecule has 0 spiro atoms. The van der Waals surface area contributed by atoms with Crippen LogP contribution in [0.5, 0.6) is 17.2 Å². The van der Waals surface area contributed by atoms with Crippen LogP contribution in [-0.4, -0.2) is 82.9 Å². The lowest BCUT2D eigenvalue weighted by Gasteiger charge is -2.36. The van der Waals surface area contributed by atoms with Crippen molar-refractivity contribution in [3.63, 3.8) is 0 Å². The molecule has 1 fully saturated rings. The van der Waals surface area contributed by atoms with E-state index in [1.807, 2.05) is 36.4 Å². The van der Waals surface area contributed by atoms with Crippen molar-refractivity contribution in [3.8, 4) is 17.2 Å². The highest BCUT2D eigenvalue weighted by Crippen LogP contribution is 2.21. The van der Waals surface area contributed by atoms with Gasteiger partial charge in [0.15, 0.2) is 0 Å². The molecule has 0 amide bonds. The number of hydrogen-bond acceptors (Lipinski definition) is 7. The van der Waals surface area contributed by atoms with Gasteiger partial charge >= 0.3 is 0 Å². The van der Waals surface area contributed by atoms with Crippen LogP contribution < -0.4 is 19.1 Å². The van der Waals surface area contributed by atoms with Gasteiger partial charge in [0.1, 0.15) is 23.9 Å². The molecule has 32 heavy (non-hydrogen) atoms. The van der Waals surface area contributed by atoms with Crippen LogP contribution in [0.15, 0.2) is 48.5 Å². The summed E-state index contributed by atoms with van der Waals surface area (Å²) in [7, 11) is 3.30. The van der Waals surface area contributed by atoms with E-state index >= 15 is 0 Å². The Morgan fingerprint density at radius 3 is 2.16 bits per heavy atom. The summed E-state index contributed by atoms with van der Waals surface area (Å²) in [4.78, 5) is 4.63. The molecule has 2 aromatic carbocycles. The van der Waals surface area contributed by atoms with E-state index < -0.39 is 6.10 Å². The molecule has 1 aliphatic heterocycles. The summed E-state index contributed by atoms with van der Waals surface area (Å²) in [6, 6.07) is 15.6. The number of methoxy groups -OCH3 is 2. The van der Waals surface area contributed by atoms with E-state index in [4.69, 9.17) is 18.9 Å². The van der Waals surface area contributed by atoms with Crippen LogP contribution >= 0.6 is 24.8 Å². The van der Waals surface area contributed by atoms with Gasteiger partial charge in [0.25, 0.3) is 0 Å². The molecular formula is C23H34Cl2N2O5. The molecule has 7 nitrogen and oxygen atoms in total. The van der Waals surface area contributed by atoms with Crippen LogP contribution in [0.2, 0.25) is 0 Å². The topological polar surface area (TPSA) is 63.6 Å². The van der Waals surface area contributed by atoms with E-state index in [0.29, 0.717) is 26.4 Å². The van der Waals surface area contributed by atoms with Gasteiger partial charge < -0.3 is 29.0 Å². The summed E-state index contributed by atoms with van der Waals surface area (Å²) >= 11 is 0. The monoisotopic (exact) mass is 488 g/mol. The molecule has 0 saturated carbocycles. The molecule has 2 aromatic rings. The van der Waals surface area contributed by atoms with Gasteiger partial charge in [-0.2, -0.15) is 0 Å². The summed E-state index contributed by atoms with van der Waals surface area (Å²) in [5.41, 5.74) is 1.20. The first-order valence-electron chi connectivity index (χ1n) is 10.3. The molecule has 1 saturated heterocycles. The number of piperazine rings is 1. The molecule has 1 atom stereocenters. The van der Waals surface area contributed by atoms with Gasteiger partial charge in [-0.1, -0.05) is 6.07 Å². The number of ether oxygens (including phenoxy) is 4. The lowest BCUT2D eigenvalue weighted by molar-refractivity contribution is 0.00717. The fourth-order valence-electron chi connectivity index (χ4n) is 3.46. The molecule has 0 bridgehead atoms. The fourth-order valence-corrected chi connectivity index (χ4v) is 3.46. The van der Waals surface area contributed by atoms with E-state index in [1.165, 1.54) is 5.69 Å². The fraction of sp³-hybridized carbons (Fsp3) is 0.478. The van der Waals surface area contributed by atoms with Crippen molar-refractivity contribution in [2.45, 2.75) is 6.10 Å². The van der Waals surface area contributed by atoms with Gasteiger partial charge in [-0.15, -0.1) is 24.8 Å². The zero-order valence-electron chi connectivity index (χ0n) is 18.6. The molecule has 1 N–H and O–H groups in total. The average molecular weight is 489 g/mol. The highest BCUT2D eigenvalue weighted by atomic mass is 35.5. The van der Waals surface area contributed by atoms with Gasteiger partial charge in [-0.3, -0.25) is 4.90 Å². The van der Waals surface area contributed by atoms with Gasteiger partial charge in [0, 0.05) is 44.5 Å². The van der Waals surface area contributed by atoms with Crippen LogP contribution in [0.25, 0.3) is 0 Å². The molecule has 1 unspecified atom stereocenters. The second kappa shape index (κ2) is 15.0. The van der Waals surface area contributed by atoms with Crippen molar-refractivity contribution in [2.24, 2.45) is 0 Å². The van der Waals surface area contributed by atoms with Crippen LogP contribution in [0.1, 0.15) is 0 Å². The molecule has 3 rings (SSSR count). The highest BCUT2D eigenvalue weighted by Gasteiger charge is 2.19. The molecule has 180 valence electrons. The van der Waals surface area contributed by atoms with Crippen molar-refractivity contribution in [1.82, 2.24) is 4.90 Å². The van der Waals surface area contributed by atoms with Crippen molar-refractivity contribution in [3.05, 3.63) is 48.5 Å². The first kappa shape index (κ1) is 28.1. The number of aliphatic hydroxyl groups excluding tert-OH is 1. The Kier molecular flexibility index (Phi) is 13.2. The lowest BCUT2D eigenvalue weighted by atomic mass is 10.2. The molecule has 0 aromatic heterocycles. The first-order valence-corrected chi connectivity index (χ1v) is 10.3. The average Bonchev–Trinajstić information content (AvgIpc) is 2.79. The molecule has 0 aliphatic carbocycles. The summed E-state index contributed by atoms with van der Waals surface area (Å²) in [5.74, 6) is 2.37. The number of hydrogen-bond donors (Lipinski definition) is 1. The van der Waals surface area contributed by atoms with Crippen LogP contribution in [0, 0.1) is 0 Å². The molecule has 9 heteroatoms. The maximum Gasteiger partial charge on any atom is 0.123 e. The minimum Gasteiger partial charge on any atom is -0.497 e. The summed E-state index contributed by atoms with van der Waals surface area (Å²) < 4.78 is 21.6. The van der Waals surface area contributed by atoms with Gasteiger partial charge in [0.05, 0.1) is 33.5 Å². The quantitative estimate of drug-likeness (QED) is 0.487. The zero-order chi connectivity index (χ0) is 21.2. The third kappa shape index (κ3) is 8.92. The minimum atomic E-state index is -0.505. The summed E-state index contributed by atoms with van der Waals surface area (Å²) in [6.45, 7) is 5.50. The lowest BCUT2D eigenvalue weighted by Crippen LogP contribution is -2.49. The maximum atomic E-state index is 10.3. The Morgan fingerprint density at radius 1 is 0.844 bits per heavy atom. The Balaban J connectivity index is 0.00000256. The van der Waals surface area contributed by atoms with Crippen molar-refractivity contribution in [2.75, 3.05) is 71.7 Å². The highest BCUT2D eigenvalue weighted by molar-refractivity contribution is 5.85. The smallest absolute Gasteiger partial charge is 0.123 e. The molecular weight excluding hydrogens is 455 g/mol. The number of halogens is 2. The second-order valence-corrected chi connectivity index (χ2v) is 7.24. The van der Waals surface area contributed by atoms with Crippen molar-refractivity contribution in [1.29, 1.82) is 0 Å². The number of β-amino-alcohol motifs (C(OH)–C–C–N with tert-alkyl or cyclic N) is 1. The SMILES string of the molecule is COc1ccc(N2CCN(CC(O)COCCOc3cccc(OC)c3)CC2)cc1.Cl.Cl. The Morgan fingerprint density at radius 2 is 1.50 bits per heavy atom. The Labute approximate surface area is 203 Å². The van der Waals surface area contributed by atoms with Crippen LogP contribution in [-0.2, 0) is 4.74 Å². The third-order valence-electron chi connectivity index (χ3n) is 5.13. The van der Waals surface area contributed by atoms with Gasteiger partial charge in [0.2, 0.25) is 0 Å². The number of benzene rings is 2. The number of aliphatic hydroxyl groups is 1. The third-order valence-corrected chi connectivity index (χ3v) is 5.13. The Hall–Kier alpha value is -1.90. The number of nitrogens with zero attached hydrogens (tertiary/aromatic N) is 2. The Bertz CT molecular complexity index is 758. The second-order valence-electron chi connectivity index (χ2n) is 7.24. The number of rotatable bonds is 11. The van der Waals surface area contributed by atoms with Gasteiger partial charge in [-0.05, 0) is 36.4 Å². The van der Waals surface area contributed by atoms with Crippen LogP contribution in [0.4, 0.5) is 5.69 Å². The van der Waals surface area contributed by atoms with E-state index in [9.17, 15) is 5.11 Å². The van der Waals surface area contributed by atoms with E-state index in [0.717, 1.165) is 43.4 Å². The largest absolute Gasteiger partial charge is 0.497 e. The zero-order valence-corrected chi connectivity index (χ0v) is 20.3. The minimum absolute atomic E-state index is 0. The van der Waals surface area contributed by atoms with E-state index in [1.54, 1.807) is 14.2 Å². The maximum absolute atomic E-state index is 10.3. The van der Waals surface area contributed by atoms with E-state index in [-0.39, 0.29) is 24.8 Å². The molecule has 1 aliphatic rings. The molecule has 0 radical (unpaired) electrons. The molecule has 1 heterocycles. The summed E-state index contributed by atoms with van der Waals surface area (Å²) in [6.07, 6.45) is -0.505.